The first-order valence-corrected chi connectivity index (χ1v) is 6.11. The maximum Gasteiger partial charge on any atom is 0.236 e. The van der Waals surface area contributed by atoms with Gasteiger partial charge < -0.3 is 15.4 Å². The summed E-state index contributed by atoms with van der Waals surface area (Å²) in [4.78, 5) is 11.6. The summed E-state index contributed by atoms with van der Waals surface area (Å²) in [5, 5.41) is 6.05. The van der Waals surface area contributed by atoms with Crippen LogP contribution in [-0.4, -0.2) is 38.8 Å². The summed E-state index contributed by atoms with van der Waals surface area (Å²) in [5.41, 5.74) is 0. The molecule has 0 rings (SSSR count). The van der Waals surface area contributed by atoms with Gasteiger partial charge in [-0.15, -0.1) is 0 Å². The van der Waals surface area contributed by atoms with Crippen LogP contribution in [0.15, 0.2) is 0 Å². The second kappa shape index (κ2) is 9.60. The lowest BCUT2D eigenvalue weighted by atomic mass is 10.1. The van der Waals surface area contributed by atoms with E-state index in [0.717, 1.165) is 6.54 Å². The number of hydrogen-bond donors (Lipinski definition) is 2. The Bertz CT molecular complexity index is 186. The van der Waals surface area contributed by atoms with Crippen molar-refractivity contribution in [2.75, 3.05) is 26.8 Å². The summed E-state index contributed by atoms with van der Waals surface area (Å²) in [7, 11) is 1.63. The zero-order chi connectivity index (χ0) is 12.4. The molecule has 2 atom stereocenters. The van der Waals surface area contributed by atoms with Crippen LogP contribution in [0.2, 0.25) is 0 Å². The van der Waals surface area contributed by atoms with Gasteiger partial charge in [0, 0.05) is 13.7 Å². The van der Waals surface area contributed by atoms with E-state index in [0.29, 0.717) is 19.1 Å². The maximum absolute atomic E-state index is 11.6. The molecule has 0 aliphatic rings. The molecule has 2 N–H and O–H groups in total. The number of carbonyl (C=O) groups excluding carboxylic acids is 1. The SMILES string of the molecule is CCCC(C)CNC(C)C(=O)NCCOC. The molecule has 0 radical (unpaired) electrons. The first-order valence-electron chi connectivity index (χ1n) is 6.11. The molecular formula is C12H26N2O2. The van der Waals surface area contributed by atoms with Gasteiger partial charge in [0.15, 0.2) is 0 Å². The number of carbonyl (C=O) groups is 1. The summed E-state index contributed by atoms with van der Waals surface area (Å²) < 4.78 is 4.87. The second-order valence-electron chi connectivity index (χ2n) is 4.31. The van der Waals surface area contributed by atoms with Gasteiger partial charge in [0.05, 0.1) is 12.6 Å². The van der Waals surface area contributed by atoms with E-state index in [1.54, 1.807) is 7.11 Å². The molecule has 0 aliphatic carbocycles. The van der Waals surface area contributed by atoms with E-state index >= 15 is 0 Å². The molecule has 0 heterocycles. The van der Waals surface area contributed by atoms with Crippen LogP contribution in [-0.2, 0) is 9.53 Å². The highest BCUT2D eigenvalue weighted by Gasteiger charge is 2.12. The molecule has 0 aromatic rings. The Labute approximate surface area is 99.1 Å². The Morgan fingerprint density at radius 1 is 1.38 bits per heavy atom. The summed E-state index contributed by atoms with van der Waals surface area (Å²) in [5.74, 6) is 0.667. The molecule has 4 nitrogen and oxygen atoms in total. The molecule has 0 aliphatic heterocycles. The molecule has 1 amide bonds. The predicted octanol–water partition coefficient (Wildman–Crippen LogP) is 1.16. The van der Waals surface area contributed by atoms with Crippen LogP contribution in [0.5, 0.6) is 0 Å². The van der Waals surface area contributed by atoms with Crippen LogP contribution < -0.4 is 10.6 Å². The lowest BCUT2D eigenvalue weighted by molar-refractivity contribution is -0.122. The summed E-state index contributed by atoms with van der Waals surface area (Å²) >= 11 is 0. The van der Waals surface area contributed by atoms with Crippen LogP contribution in [0.3, 0.4) is 0 Å². The smallest absolute Gasteiger partial charge is 0.236 e. The van der Waals surface area contributed by atoms with Gasteiger partial charge in [-0.1, -0.05) is 20.3 Å². The second-order valence-corrected chi connectivity index (χ2v) is 4.31. The summed E-state index contributed by atoms with van der Waals surface area (Å²) in [6.07, 6.45) is 2.39. The lowest BCUT2D eigenvalue weighted by Crippen LogP contribution is -2.44. The van der Waals surface area contributed by atoms with Crippen molar-refractivity contribution in [2.45, 2.75) is 39.7 Å². The molecule has 16 heavy (non-hydrogen) atoms. The van der Waals surface area contributed by atoms with Crippen LogP contribution in [0.25, 0.3) is 0 Å². The number of methoxy groups -OCH3 is 1. The van der Waals surface area contributed by atoms with Crippen molar-refractivity contribution in [2.24, 2.45) is 5.92 Å². The van der Waals surface area contributed by atoms with Crippen molar-refractivity contribution in [3.05, 3.63) is 0 Å². The van der Waals surface area contributed by atoms with E-state index in [2.05, 4.69) is 24.5 Å². The van der Waals surface area contributed by atoms with Crippen LogP contribution >= 0.6 is 0 Å². The highest BCUT2D eigenvalue weighted by molar-refractivity contribution is 5.81. The van der Waals surface area contributed by atoms with Gasteiger partial charge in [0.2, 0.25) is 5.91 Å². The molecule has 0 fully saturated rings. The minimum atomic E-state index is -0.129. The van der Waals surface area contributed by atoms with Crippen molar-refractivity contribution in [1.82, 2.24) is 10.6 Å². The Kier molecular flexibility index (Phi) is 9.24. The molecule has 0 saturated heterocycles. The minimum absolute atomic E-state index is 0.0424. The average molecular weight is 230 g/mol. The molecule has 0 saturated carbocycles. The fourth-order valence-electron chi connectivity index (χ4n) is 1.49. The average Bonchev–Trinajstić information content (AvgIpc) is 2.26. The predicted molar refractivity (Wildman–Crippen MR) is 66.4 cm³/mol. The van der Waals surface area contributed by atoms with Gasteiger partial charge in [0.1, 0.15) is 0 Å². The van der Waals surface area contributed by atoms with E-state index in [1.165, 1.54) is 12.8 Å². The minimum Gasteiger partial charge on any atom is -0.383 e. The fraction of sp³-hybridized carbons (Fsp3) is 0.917. The van der Waals surface area contributed by atoms with E-state index in [4.69, 9.17) is 4.74 Å². The summed E-state index contributed by atoms with van der Waals surface area (Å²) in [6, 6.07) is -0.129. The third kappa shape index (κ3) is 7.65. The van der Waals surface area contributed by atoms with Crippen LogP contribution in [0, 0.1) is 5.92 Å². The third-order valence-electron chi connectivity index (χ3n) is 2.55. The molecular weight excluding hydrogens is 204 g/mol. The molecule has 0 aromatic carbocycles. The fourth-order valence-corrected chi connectivity index (χ4v) is 1.49. The zero-order valence-electron chi connectivity index (χ0n) is 11.0. The molecule has 0 aromatic heterocycles. The monoisotopic (exact) mass is 230 g/mol. The first-order chi connectivity index (χ1) is 7.61. The number of ether oxygens (including phenoxy) is 1. The molecule has 96 valence electrons. The molecule has 2 unspecified atom stereocenters. The van der Waals surface area contributed by atoms with E-state index in [-0.39, 0.29) is 11.9 Å². The van der Waals surface area contributed by atoms with Gasteiger partial charge >= 0.3 is 0 Å². The number of nitrogens with one attached hydrogen (secondary N) is 2. The van der Waals surface area contributed by atoms with Gasteiger partial charge in [-0.3, -0.25) is 4.79 Å². The van der Waals surface area contributed by atoms with Gasteiger partial charge in [0.25, 0.3) is 0 Å². The number of amides is 1. The standard InChI is InChI=1S/C12H26N2O2/c1-5-6-10(2)9-14-11(3)12(15)13-7-8-16-4/h10-11,14H,5-9H2,1-4H3,(H,13,15). The molecule has 0 spiro atoms. The Morgan fingerprint density at radius 2 is 2.06 bits per heavy atom. The van der Waals surface area contributed by atoms with Crippen molar-refractivity contribution in [3.63, 3.8) is 0 Å². The molecule has 0 bridgehead atoms. The number of rotatable bonds is 9. The molecule has 4 heteroatoms. The van der Waals surface area contributed by atoms with Gasteiger partial charge in [-0.2, -0.15) is 0 Å². The summed E-state index contributed by atoms with van der Waals surface area (Å²) in [6.45, 7) is 8.30. The highest BCUT2D eigenvalue weighted by Crippen LogP contribution is 2.03. The van der Waals surface area contributed by atoms with Crippen molar-refractivity contribution >= 4 is 5.91 Å². The number of hydrogen-bond acceptors (Lipinski definition) is 3. The van der Waals surface area contributed by atoms with Crippen molar-refractivity contribution < 1.29 is 9.53 Å². The van der Waals surface area contributed by atoms with Gasteiger partial charge in [-0.25, -0.2) is 0 Å². The Balaban J connectivity index is 3.62. The van der Waals surface area contributed by atoms with E-state index in [1.807, 2.05) is 6.92 Å². The Morgan fingerprint density at radius 3 is 2.62 bits per heavy atom. The van der Waals surface area contributed by atoms with Crippen LogP contribution in [0.1, 0.15) is 33.6 Å². The first kappa shape index (κ1) is 15.4. The third-order valence-corrected chi connectivity index (χ3v) is 2.55. The van der Waals surface area contributed by atoms with Crippen molar-refractivity contribution in [1.29, 1.82) is 0 Å². The Hall–Kier alpha value is -0.610. The topological polar surface area (TPSA) is 50.4 Å². The largest absolute Gasteiger partial charge is 0.383 e. The lowest BCUT2D eigenvalue weighted by Gasteiger charge is -2.17. The van der Waals surface area contributed by atoms with Gasteiger partial charge in [-0.05, 0) is 25.8 Å². The van der Waals surface area contributed by atoms with E-state index < -0.39 is 0 Å². The highest BCUT2D eigenvalue weighted by atomic mass is 16.5. The zero-order valence-corrected chi connectivity index (χ0v) is 11.0. The normalized spacial score (nSPS) is 14.5. The quantitative estimate of drug-likeness (QED) is 0.584. The van der Waals surface area contributed by atoms with E-state index in [9.17, 15) is 4.79 Å². The van der Waals surface area contributed by atoms with Crippen LogP contribution in [0.4, 0.5) is 0 Å². The van der Waals surface area contributed by atoms with Crippen molar-refractivity contribution in [3.8, 4) is 0 Å². The maximum atomic E-state index is 11.6.